The molecule has 2 saturated heterocycles. The van der Waals surface area contributed by atoms with E-state index in [1.54, 1.807) is 7.11 Å². The van der Waals surface area contributed by atoms with Gasteiger partial charge in [0.25, 0.3) is 0 Å². The fourth-order valence-corrected chi connectivity index (χ4v) is 2.23. The topological polar surface area (TPSA) is 27.7 Å². The van der Waals surface area contributed by atoms with E-state index in [2.05, 4.69) is 13.5 Å². The fourth-order valence-electron chi connectivity index (χ4n) is 2.23. The van der Waals surface area contributed by atoms with Gasteiger partial charge in [0.1, 0.15) is 6.10 Å². The monoisotopic (exact) mass is 184 g/mol. The molecule has 2 rings (SSSR count). The molecule has 0 spiro atoms. The smallest absolute Gasteiger partial charge is 0.184 e. The maximum absolute atomic E-state index is 5.69. The van der Waals surface area contributed by atoms with E-state index < -0.39 is 0 Å². The Balaban J connectivity index is 2.16. The largest absolute Gasteiger partial charge is 0.368 e. The van der Waals surface area contributed by atoms with Gasteiger partial charge in [0, 0.05) is 13.0 Å². The Morgan fingerprint density at radius 1 is 1.62 bits per heavy atom. The first-order valence-electron chi connectivity index (χ1n) is 4.75. The van der Waals surface area contributed by atoms with E-state index in [9.17, 15) is 0 Å². The molecule has 0 aromatic carbocycles. The highest BCUT2D eigenvalue weighted by Crippen LogP contribution is 2.40. The van der Waals surface area contributed by atoms with Gasteiger partial charge < -0.3 is 14.2 Å². The van der Waals surface area contributed by atoms with Crippen molar-refractivity contribution < 1.29 is 14.2 Å². The van der Waals surface area contributed by atoms with Gasteiger partial charge in [-0.05, 0) is 12.0 Å². The van der Waals surface area contributed by atoms with Crippen molar-refractivity contribution in [2.45, 2.75) is 31.8 Å². The number of methoxy groups -OCH3 is 1. The fraction of sp³-hybridized carbons (Fsp3) is 0.800. The third kappa shape index (κ3) is 1.31. The van der Waals surface area contributed by atoms with E-state index in [1.165, 1.54) is 0 Å². The molecule has 0 saturated carbocycles. The number of ether oxygens (including phenoxy) is 3. The van der Waals surface area contributed by atoms with Crippen LogP contribution < -0.4 is 0 Å². The predicted octanol–water partition coefficient (Wildman–Crippen LogP) is 1.34. The number of fused-ring (bicyclic) bond motifs is 1. The van der Waals surface area contributed by atoms with Crippen molar-refractivity contribution in [3.63, 3.8) is 0 Å². The Kier molecular flexibility index (Phi) is 2.41. The van der Waals surface area contributed by atoms with Crippen LogP contribution >= 0.6 is 0 Å². The zero-order valence-electron chi connectivity index (χ0n) is 8.16. The summed E-state index contributed by atoms with van der Waals surface area (Å²) in [4.78, 5) is 0. The second kappa shape index (κ2) is 3.40. The van der Waals surface area contributed by atoms with Crippen molar-refractivity contribution in [2.75, 3.05) is 13.7 Å². The molecule has 2 fully saturated rings. The first kappa shape index (κ1) is 9.19. The lowest BCUT2D eigenvalue weighted by Gasteiger charge is -2.14. The SMILES string of the molecule is C=C1CO[C@H]2[C@@H](OC)O[C@@H](CC)[C@@H]12. The lowest BCUT2D eigenvalue weighted by molar-refractivity contribution is -0.157. The molecule has 2 aliphatic rings. The molecule has 0 unspecified atom stereocenters. The Hall–Kier alpha value is -0.380. The average molecular weight is 184 g/mol. The number of rotatable bonds is 2. The van der Waals surface area contributed by atoms with Crippen molar-refractivity contribution >= 4 is 0 Å². The Morgan fingerprint density at radius 2 is 2.38 bits per heavy atom. The quantitative estimate of drug-likeness (QED) is 0.606. The highest BCUT2D eigenvalue weighted by Gasteiger charge is 2.49. The molecular formula is C10H16O3. The van der Waals surface area contributed by atoms with E-state index in [4.69, 9.17) is 14.2 Å². The Bertz CT molecular complexity index is 214. The van der Waals surface area contributed by atoms with Crippen LogP contribution in [0.4, 0.5) is 0 Å². The van der Waals surface area contributed by atoms with Gasteiger partial charge >= 0.3 is 0 Å². The highest BCUT2D eigenvalue weighted by atomic mass is 16.7. The van der Waals surface area contributed by atoms with Gasteiger partial charge in [-0.3, -0.25) is 0 Å². The number of hydrogen-bond donors (Lipinski definition) is 0. The molecule has 0 bridgehead atoms. The Morgan fingerprint density at radius 3 is 3.00 bits per heavy atom. The van der Waals surface area contributed by atoms with Crippen LogP contribution in [0.3, 0.4) is 0 Å². The third-order valence-electron chi connectivity index (χ3n) is 2.90. The van der Waals surface area contributed by atoms with Crippen LogP contribution in [-0.2, 0) is 14.2 Å². The summed E-state index contributed by atoms with van der Waals surface area (Å²) in [7, 11) is 1.66. The van der Waals surface area contributed by atoms with E-state index in [0.29, 0.717) is 12.5 Å². The number of hydrogen-bond acceptors (Lipinski definition) is 3. The van der Waals surface area contributed by atoms with Crippen LogP contribution in [0, 0.1) is 5.92 Å². The van der Waals surface area contributed by atoms with Crippen molar-refractivity contribution in [3.8, 4) is 0 Å². The second-order valence-electron chi connectivity index (χ2n) is 3.65. The van der Waals surface area contributed by atoms with Gasteiger partial charge in [0.15, 0.2) is 6.29 Å². The molecule has 13 heavy (non-hydrogen) atoms. The molecule has 0 radical (unpaired) electrons. The lowest BCUT2D eigenvalue weighted by Crippen LogP contribution is -2.26. The summed E-state index contributed by atoms with van der Waals surface area (Å²) in [6.45, 7) is 6.78. The van der Waals surface area contributed by atoms with Crippen molar-refractivity contribution in [2.24, 2.45) is 5.92 Å². The maximum atomic E-state index is 5.69. The van der Waals surface area contributed by atoms with Gasteiger partial charge in [0.2, 0.25) is 0 Å². The summed E-state index contributed by atoms with van der Waals surface area (Å²) in [6, 6.07) is 0. The zero-order chi connectivity index (χ0) is 9.42. The standard InChI is InChI=1S/C10H16O3/c1-4-7-8-6(2)5-12-9(8)10(11-3)13-7/h7-10H,2,4-5H2,1,3H3/t7-,8+,9+,10-/m0/s1. The van der Waals surface area contributed by atoms with Gasteiger partial charge in [-0.1, -0.05) is 13.5 Å². The van der Waals surface area contributed by atoms with Crippen LogP contribution in [0.5, 0.6) is 0 Å². The van der Waals surface area contributed by atoms with E-state index in [0.717, 1.165) is 12.0 Å². The van der Waals surface area contributed by atoms with Crippen LogP contribution in [0.15, 0.2) is 12.2 Å². The summed E-state index contributed by atoms with van der Waals surface area (Å²) in [5.41, 5.74) is 1.15. The van der Waals surface area contributed by atoms with Gasteiger partial charge in [0.05, 0.1) is 12.7 Å². The van der Waals surface area contributed by atoms with Gasteiger partial charge in [-0.25, -0.2) is 0 Å². The van der Waals surface area contributed by atoms with Crippen molar-refractivity contribution in [3.05, 3.63) is 12.2 Å². The molecule has 0 N–H and O–H groups in total. The molecule has 0 amide bonds. The molecule has 2 heterocycles. The molecule has 0 aromatic heterocycles. The summed E-state index contributed by atoms with van der Waals surface area (Å²) in [5, 5.41) is 0. The zero-order valence-corrected chi connectivity index (χ0v) is 8.16. The van der Waals surface area contributed by atoms with Crippen LogP contribution in [0.2, 0.25) is 0 Å². The second-order valence-corrected chi connectivity index (χ2v) is 3.65. The van der Waals surface area contributed by atoms with Crippen molar-refractivity contribution in [1.29, 1.82) is 0 Å². The minimum absolute atomic E-state index is 0.0717. The van der Waals surface area contributed by atoms with Crippen LogP contribution in [0.25, 0.3) is 0 Å². The summed E-state index contributed by atoms with van der Waals surface area (Å²) < 4.78 is 16.5. The molecule has 74 valence electrons. The minimum Gasteiger partial charge on any atom is -0.368 e. The first-order valence-corrected chi connectivity index (χ1v) is 4.75. The molecule has 3 heteroatoms. The van der Waals surface area contributed by atoms with E-state index in [-0.39, 0.29) is 18.5 Å². The maximum Gasteiger partial charge on any atom is 0.184 e. The average Bonchev–Trinajstić information content (AvgIpc) is 2.67. The van der Waals surface area contributed by atoms with Gasteiger partial charge in [-0.2, -0.15) is 0 Å². The molecular weight excluding hydrogens is 168 g/mol. The molecule has 0 aromatic rings. The van der Waals surface area contributed by atoms with E-state index >= 15 is 0 Å². The van der Waals surface area contributed by atoms with Gasteiger partial charge in [-0.15, -0.1) is 0 Å². The summed E-state index contributed by atoms with van der Waals surface area (Å²) >= 11 is 0. The molecule has 3 nitrogen and oxygen atoms in total. The lowest BCUT2D eigenvalue weighted by atomic mass is 9.92. The van der Waals surface area contributed by atoms with Crippen LogP contribution in [0.1, 0.15) is 13.3 Å². The predicted molar refractivity (Wildman–Crippen MR) is 48.3 cm³/mol. The highest BCUT2D eigenvalue weighted by molar-refractivity contribution is 5.14. The summed E-state index contributed by atoms with van der Waals surface area (Å²) in [5.74, 6) is 0.343. The van der Waals surface area contributed by atoms with E-state index in [1.807, 2.05) is 0 Å². The molecule has 2 aliphatic heterocycles. The van der Waals surface area contributed by atoms with Crippen molar-refractivity contribution in [1.82, 2.24) is 0 Å². The van der Waals surface area contributed by atoms with Crippen LogP contribution in [-0.4, -0.2) is 32.2 Å². The minimum atomic E-state index is -0.200. The summed E-state index contributed by atoms with van der Waals surface area (Å²) in [6.07, 6.45) is 1.09. The molecule has 0 aliphatic carbocycles. The Labute approximate surface area is 78.7 Å². The normalized spacial score (nSPS) is 44.0. The third-order valence-corrected chi connectivity index (χ3v) is 2.90. The first-order chi connectivity index (χ1) is 6.27. The molecule has 4 atom stereocenters.